The molecule has 0 saturated carbocycles. The average molecular weight is 306 g/mol. The zero-order valence-corrected chi connectivity index (χ0v) is 13.1. The van der Waals surface area contributed by atoms with Gasteiger partial charge in [-0.25, -0.2) is 0 Å². The number of hydrogen-bond donors (Lipinski definition) is 1. The van der Waals surface area contributed by atoms with Crippen molar-refractivity contribution in [3.8, 4) is 21.9 Å². The van der Waals surface area contributed by atoms with E-state index in [2.05, 4.69) is 0 Å². The summed E-state index contributed by atoms with van der Waals surface area (Å²) in [5.41, 5.74) is 1.03. The van der Waals surface area contributed by atoms with Crippen molar-refractivity contribution >= 4 is 17.3 Å². The highest BCUT2D eigenvalue weighted by atomic mass is 32.1. The van der Waals surface area contributed by atoms with E-state index in [1.165, 1.54) is 0 Å². The fraction of sp³-hybridized carbons (Fsp3) is 0.312. The van der Waals surface area contributed by atoms with Crippen LogP contribution in [0.3, 0.4) is 0 Å². The molecule has 1 heterocycles. The molecule has 0 radical (unpaired) electrons. The van der Waals surface area contributed by atoms with E-state index in [0.717, 1.165) is 15.3 Å². The summed E-state index contributed by atoms with van der Waals surface area (Å²) in [4.78, 5) is 12.9. The van der Waals surface area contributed by atoms with Crippen molar-refractivity contribution in [2.24, 2.45) is 0 Å². The average Bonchev–Trinajstić information content (AvgIpc) is 2.95. The van der Waals surface area contributed by atoms with E-state index in [-0.39, 0.29) is 12.3 Å². The Morgan fingerprint density at radius 3 is 2.52 bits per heavy atom. The highest BCUT2D eigenvalue weighted by Crippen LogP contribution is 2.37. The van der Waals surface area contributed by atoms with E-state index >= 15 is 0 Å². The Bertz CT molecular complexity index is 633. The Labute approximate surface area is 128 Å². The van der Waals surface area contributed by atoms with Crippen molar-refractivity contribution in [1.82, 2.24) is 0 Å². The van der Waals surface area contributed by atoms with Gasteiger partial charge < -0.3 is 14.6 Å². The minimum atomic E-state index is -0.774. The summed E-state index contributed by atoms with van der Waals surface area (Å²) < 4.78 is 10.5. The number of methoxy groups -OCH3 is 2. The molecule has 2 rings (SSSR count). The Morgan fingerprint density at radius 1 is 1.19 bits per heavy atom. The van der Waals surface area contributed by atoms with Crippen molar-refractivity contribution in [2.75, 3.05) is 14.2 Å². The molecule has 4 nitrogen and oxygen atoms in total. The standard InChI is InChI=1S/C16H18O4S/c1-10(8-16(17)18)14-6-7-15(21-14)11-4-5-12(19-2)13(9-11)20-3/h4-7,9-10H,8H2,1-3H3,(H,17,18). The first-order valence-corrected chi connectivity index (χ1v) is 7.40. The quantitative estimate of drug-likeness (QED) is 0.876. The molecule has 0 aliphatic carbocycles. The van der Waals surface area contributed by atoms with Crippen molar-refractivity contribution in [2.45, 2.75) is 19.3 Å². The molecule has 5 heteroatoms. The molecule has 0 fully saturated rings. The van der Waals surface area contributed by atoms with Crippen molar-refractivity contribution < 1.29 is 19.4 Å². The van der Waals surface area contributed by atoms with Crippen LogP contribution in [-0.4, -0.2) is 25.3 Å². The number of carboxylic acid groups (broad SMARTS) is 1. The molecule has 1 aromatic carbocycles. The molecule has 1 N–H and O–H groups in total. The van der Waals surface area contributed by atoms with Gasteiger partial charge >= 0.3 is 5.97 Å². The first kappa shape index (κ1) is 15.4. The van der Waals surface area contributed by atoms with Gasteiger partial charge in [0.2, 0.25) is 0 Å². The zero-order valence-electron chi connectivity index (χ0n) is 12.3. The molecule has 0 bridgehead atoms. The van der Waals surface area contributed by atoms with E-state index in [4.69, 9.17) is 14.6 Å². The number of aliphatic carboxylic acids is 1. The SMILES string of the molecule is COc1ccc(-c2ccc(C(C)CC(=O)O)s2)cc1OC. The van der Waals surface area contributed by atoms with Crippen molar-refractivity contribution in [1.29, 1.82) is 0 Å². The lowest BCUT2D eigenvalue weighted by Crippen LogP contribution is -2.00. The number of carbonyl (C=O) groups is 1. The number of benzene rings is 1. The summed E-state index contributed by atoms with van der Waals surface area (Å²) in [5, 5.41) is 8.87. The molecule has 2 aromatic rings. The number of thiophene rings is 1. The molecule has 1 aromatic heterocycles. The third kappa shape index (κ3) is 3.55. The molecule has 1 atom stereocenters. The summed E-state index contributed by atoms with van der Waals surface area (Å²) >= 11 is 1.61. The molecule has 1 unspecified atom stereocenters. The fourth-order valence-electron chi connectivity index (χ4n) is 2.12. The number of ether oxygens (including phenoxy) is 2. The lowest BCUT2D eigenvalue weighted by Gasteiger charge is -2.09. The maximum absolute atomic E-state index is 10.8. The van der Waals surface area contributed by atoms with Crippen molar-refractivity contribution in [3.05, 3.63) is 35.2 Å². The van der Waals surface area contributed by atoms with Crippen LogP contribution in [-0.2, 0) is 4.79 Å². The zero-order chi connectivity index (χ0) is 15.4. The predicted molar refractivity (Wildman–Crippen MR) is 83.5 cm³/mol. The van der Waals surface area contributed by atoms with Crippen LogP contribution in [0.15, 0.2) is 30.3 Å². The van der Waals surface area contributed by atoms with Gasteiger partial charge in [-0.1, -0.05) is 6.92 Å². The summed E-state index contributed by atoms with van der Waals surface area (Å²) in [6.45, 7) is 1.93. The molecule has 21 heavy (non-hydrogen) atoms. The van der Waals surface area contributed by atoms with Gasteiger partial charge in [0.05, 0.1) is 20.6 Å². The van der Waals surface area contributed by atoms with Gasteiger partial charge in [-0.05, 0) is 35.9 Å². The number of hydrogen-bond acceptors (Lipinski definition) is 4. The van der Waals surface area contributed by atoms with Gasteiger partial charge in [-0.3, -0.25) is 4.79 Å². The van der Waals surface area contributed by atoms with E-state index in [0.29, 0.717) is 11.5 Å². The lowest BCUT2D eigenvalue weighted by molar-refractivity contribution is -0.137. The highest BCUT2D eigenvalue weighted by Gasteiger charge is 2.14. The number of rotatable bonds is 6. The van der Waals surface area contributed by atoms with Gasteiger partial charge in [0.1, 0.15) is 0 Å². The smallest absolute Gasteiger partial charge is 0.303 e. The molecular formula is C16H18O4S. The highest BCUT2D eigenvalue weighted by molar-refractivity contribution is 7.15. The number of carboxylic acids is 1. The van der Waals surface area contributed by atoms with Crippen LogP contribution >= 0.6 is 11.3 Å². The van der Waals surface area contributed by atoms with Crippen LogP contribution in [0.25, 0.3) is 10.4 Å². The Balaban J connectivity index is 2.27. The molecule has 0 aliphatic rings. The fourth-order valence-corrected chi connectivity index (χ4v) is 3.18. The summed E-state index contributed by atoms with van der Waals surface area (Å²) in [6.07, 6.45) is 0.145. The Morgan fingerprint density at radius 2 is 1.90 bits per heavy atom. The Hall–Kier alpha value is -2.01. The van der Waals surface area contributed by atoms with Crippen LogP contribution in [0.1, 0.15) is 24.1 Å². The van der Waals surface area contributed by atoms with Crippen LogP contribution in [0.5, 0.6) is 11.5 Å². The van der Waals surface area contributed by atoms with E-state index in [9.17, 15) is 4.79 Å². The lowest BCUT2D eigenvalue weighted by atomic mass is 10.1. The van der Waals surface area contributed by atoms with Gasteiger partial charge in [0, 0.05) is 15.7 Å². The van der Waals surface area contributed by atoms with E-state index in [1.807, 2.05) is 37.3 Å². The molecular weight excluding hydrogens is 288 g/mol. The predicted octanol–water partition coefficient (Wildman–Crippen LogP) is 4.01. The van der Waals surface area contributed by atoms with Crippen LogP contribution in [0.4, 0.5) is 0 Å². The molecule has 0 aliphatic heterocycles. The third-order valence-corrected chi connectivity index (χ3v) is 4.63. The van der Waals surface area contributed by atoms with Gasteiger partial charge in [0.25, 0.3) is 0 Å². The summed E-state index contributed by atoms with van der Waals surface area (Å²) in [5.74, 6) is 0.616. The maximum Gasteiger partial charge on any atom is 0.303 e. The van der Waals surface area contributed by atoms with Gasteiger partial charge in [-0.15, -0.1) is 11.3 Å². The van der Waals surface area contributed by atoms with Crippen LogP contribution in [0.2, 0.25) is 0 Å². The third-order valence-electron chi connectivity index (χ3n) is 3.26. The van der Waals surface area contributed by atoms with Gasteiger partial charge in [-0.2, -0.15) is 0 Å². The monoisotopic (exact) mass is 306 g/mol. The largest absolute Gasteiger partial charge is 0.493 e. The minimum absolute atomic E-state index is 0.0152. The van der Waals surface area contributed by atoms with Crippen LogP contribution in [0, 0.1) is 0 Å². The second kappa shape index (κ2) is 6.63. The van der Waals surface area contributed by atoms with Gasteiger partial charge in [0.15, 0.2) is 11.5 Å². The topological polar surface area (TPSA) is 55.8 Å². The normalized spacial score (nSPS) is 12.0. The summed E-state index contributed by atoms with van der Waals surface area (Å²) in [7, 11) is 3.21. The first-order valence-electron chi connectivity index (χ1n) is 6.59. The molecule has 112 valence electrons. The summed E-state index contributed by atoms with van der Waals surface area (Å²) in [6, 6.07) is 9.77. The molecule has 0 amide bonds. The first-order chi connectivity index (χ1) is 10.0. The van der Waals surface area contributed by atoms with E-state index in [1.54, 1.807) is 25.6 Å². The molecule has 0 saturated heterocycles. The Kier molecular flexibility index (Phi) is 4.85. The molecule has 0 spiro atoms. The van der Waals surface area contributed by atoms with Crippen molar-refractivity contribution in [3.63, 3.8) is 0 Å². The second-order valence-electron chi connectivity index (χ2n) is 4.77. The van der Waals surface area contributed by atoms with Crippen LogP contribution < -0.4 is 9.47 Å². The van der Waals surface area contributed by atoms with E-state index < -0.39 is 5.97 Å². The second-order valence-corrected chi connectivity index (χ2v) is 5.89. The minimum Gasteiger partial charge on any atom is -0.493 e. The maximum atomic E-state index is 10.8.